The molecule has 5 nitrogen and oxygen atoms in total. The maximum Gasteiger partial charge on any atom is 0.137 e. The lowest BCUT2D eigenvalue weighted by Crippen LogP contribution is -2.02. The van der Waals surface area contributed by atoms with Crippen LogP contribution in [0.1, 0.15) is 16.7 Å². The largest absolute Gasteiger partial charge is 0.495 e. The number of hydrogen-bond donors (Lipinski definition) is 2. The smallest absolute Gasteiger partial charge is 0.137 e. The summed E-state index contributed by atoms with van der Waals surface area (Å²) in [6.45, 7) is 0.639. The lowest BCUT2D eigenvalue weighted by molar-refractivity contribution is 0.413. The van der Waals surface area contributed by atoms with Crippen LogP contribution >= 0.6 is 11.6 Å². The Balaban J connectivity index is 1.46. The van der Waals surface area contributed by atoms with Crippen molar-refractivity contribution in [2.75, 3.05) is 12.4 Å². The molecular weight excluding hydrogens is 360 g/mol. The van der Waals surface area contributed by atoms with Crippen LogP contribution in [0.15, 0.2) is 61.1 Å². The molecule has 0 atom stereocenters. The Morgan fingerprint density at radius 3 is 2.74 bits per heavy atom. The molecule has 4 aromatic rings. The molecule has 0 spiro atoms. The number of nitrogens with one attached hydrogen (secondary N) is 2. The number of anilines is 1. The van der Waals surface area contributed by atoms with E-state index in [-0.39, 0.29) is 0 Å². The molecule has 0 aliphatic heterocycles. The van der Waals surface area contributed by atoms with Gasteiger partial charge in [-0.3, -0.25) is 0 Å². The molecule has 1 aromatic carbocycles. The lowest BCUT2D eigenvalue weighted by Gasteiger charge is -2.08. The summed E-state index contributed by atoms with van der Waals surface area (Å²) in [6.07, 6.45) is 6.36. The molecule has 27 heavy (non-hydrogen) atoms. The molecule has 0 amide bonds. The van der Waals surface area contributed by atoms with Crippen molar-refractivity contribution in [1.82, 2.24) is 15.0 Å². The number of H-pyrrole nitrogens is 1. The molecule has 0 fully saturated rings. The Kier molecular flexibility index (Phi) is 4.94. The van der Waals surface area contributed by atoms with Crippen molar-refractivity contribution in [3.8, 4) is 5.75 Å². The summed E-state index contributed by atoms with van der Waals surface area (Å²) in [4.78, 5) is 12.1. The molecule has 6 heteroatoms. The third-order valence-electron chi connectivity index (χ3n) is 4.46. The Hall–Kier alpha value is -3.05. The minimum atomic E-state index is 0.639. The molecule has 4 rings (SSSR count). The normalized spacial score (nSPS) is 10.9. The van der Waals surface area contributed by atoms with Crippen molar-refractivity contribution < 1.29 is 4.74 Å². The number of rotatable bonds is 6. The van der Waals surface area contributed by atoms with E-state index in [1.165, 1.54) is 0 Å². The molecule has 0 aliphatic carbocycles. The van der Waals surface area contributed by atoms with Gasteiger partial charge in [-0.05, 0) is 34.9 Å². The Bertz CT molecular complexity index is 1060. The number of fused-ring (bicyclic) bond motifs is 1. The predicted octanol–water partition coefficient (Wildman–Crippen LogP) is 4.82. The van der Waals surface area contributed by atoms with Gasteiger partial charge >= 0.3 is 0 Å². The van der Waals surface area contributed by atoms with Gasteiger partial charge in [0, 0.05) is 35.8 Å². The second-order valence-electron chi connectivity index (χ2n) is 6.26. The van der Waals surface area contributed by atoms with Crippen LogP contribution in [0.3, 0.4) is 0 Å². The van der Waals surface area contributed by atoms with Crippen molar-refractivity contribution in [3.05, 3.63) is 82.8 Å². The first-order valence-electron chi connectivity index (χ1n) is 8.65. The van der Waals surface area contributed by atoms with Crippen LogP contribution in [0.2, 0.25) is 5.02 Å². The van der Waals surface area contributed by atoms with Crippen molar-refractivity contribution in [1.29, 1.82) is 0 Å². The maximum absolute atomic E-state index is 6.19. The van der Waals surface area contributed by atoms with Gasteiger partial charge in [-0.15, -0.1) is 0 Å². The van der Waals surface area contributed by atoms with Gasteiger partial charge in [-0.25, -0.2) is 9.97 Å². The van der Waals surface area contributed by atoms with E-state index in [2.05, 4.69) is 26.3 Å². The fraction of sp³-hybridized carbons (Fsp3) is 0.143. The van der Waals surface area contributed by atoms with Crippen molar-refractivity contribution in [2.24, 2.45) is 0 Å². The molecule has 0 saturated heterocycles. The van der Waals surface area contributed by atoms with Gasteiger partial charge in [0.25, 0.3) is 0 Å². The van der Waals surface area contributed by atoms with Gasteiger partial charge in [0.05, 0.1) is 13.3 Å². The summed E-state index contributed by atoms with van der Waals surface area (Å²) in [5.41, 5.74) is 4.19. The van der Waals surface area contributed by atoms with Crippen LogP contribution < -0.4 is 10.1 Å². The number of aromatic nitrogens is 3. The molecular formula is C21H19ClN4O. The first kappa shape index (κ1) is 17.4. The van der Waals surface area contributed by atoms with Crippen LogP contribution in [-0.4, -0.2) is 22.1 Å². The van der Waals surface area contributed by atoms with E-state index < -0.39 is 0 Å². The third-order valence-corrected chi connectivity index (χ3v) is 4.83. The standard InChI is InChI=1S/C21H19ClN4O/c1-27-17-9-18-16(12-25-21(18)26-13-17)8-14-6-7-20(23-10-14)24-11-15-4-2-3-5-19(15)22/h2-7,9-10,12-13H,8,11H2,1H3,(H,23,24)(H,25,26). The highest BCUT2D eigenvalue weighted by Gasteiger charge is 2.08. The van der Waals surface area contributed by atoms with Crippen LogP contribution in [-0.2, 0) is 13.0 Å². The van der Waals surface area contributed by atoms with E-state index in [0.29, 0.717) is 6.54 Å². The predicted molar refractivity (Wildman–Crippen MR) is 108 cm³/mol. The molecule has 0 saturated carbocycles. The molecule has 3 heterocycles. The van der Waals surface area contributed by atoms with Crippen molar-refractivity contribution in [2.45, 2.75) is 13.0 Å². The number of ether oxygens (including phenoxy) is 1. The second-order valence-corrected chi connectivity index (χ2v) is 6.67. The highest BCUT2D eigenvalue weighted by Crippen LogP contribution is 2.24. The molecule has 136 valence electrons. The summed E-state index contributed by atoms with van der Waals surface area (Å²) >= 11 is 6.19. The van der Waals surface area contributed by atoms with E-state index >= 15 is 0 Å². The molecule has 0 radical (unpaired) electrons. The lowest BCUT2D eigenvalue weighted by atomic mass is 10.1. The quantitative estimate of drug-likeness (QED) is 0.504. The van der Waals surface area contributed by atoms with Gasteiger partial charge in [0.2, 0.25) is 0 Å². The topological polar surface area (TPSA) is 62.8 Å². The molecule has 0 bridgehead atoms. The van der Waals surface area contributed by atoms with Gasteiger partial charge in [-0.1, -0.05) is 35.9 Å². The molecule has 3 aromatic heterocycles. The monoisotopic (exact) mass is 378 g/mol. The fourth-order valence-electron chi connectivity index (χ4n) is 2.98. The van der Waals surface area contributed by atoms with E-state index in [4.69, 9.17) is 16.3 Å². The zero-order valence-corrected chi connectivity index (χ0v) is 15.6. The third kappa shape index (κ3) is 3.88. The zero-order chi connectivity index (χ0) is 18.6. The summed E-state index contributed by atoms with van der Waals surface area (Å²) < 4.78 is 5.28. The van der Waals surface area contributed by atoms with Crippen LogP contribution in [0.25, 0.3) is 11.0 Å². The van der Waals surface area contributed by atoms with E-state index in [1.807, 2.05) is 48.8 Å². The maximum atomic E-state index is 6.19. The molecule has 2 N–H and O–H groups in total. The summed E-state index contributed by atoms with van der Waals surface area (Å²) in [5.74, 6) is 1.57. The summed E-state index contributed by atoms with van der Waals surface area (Å²) in [7, 11) is 1.65. The minimum Gasteiger partial charge on any atom is -0.495 e. The molecule has 0 aliphatic rings. The Labute approximate surface area is 162 Å². The van der Waals surface area contributed by atoms with Crippen LogP contribution in [0.5, 0.6) is 5.75 Å². The first-order valence-corrected chi connectivity index (χ1v) is 9.03. The fourth-order valence-corrected chi connectivity index (χ4v) is 3.18. The summed E-state index contributed by atoms with van der Waals surface area (Å²) in [6, 6.07) is 13.9. The number of aromatic amines is 1. The van der Waals surface area contributed by atoms with Gasteiger partial charge in [0.15, 0.2) is 0 Å². The van der Waals surface area contributed by atoms with Gasteiger partial charge < -0.3 is 15.0 Å². The van der Waals surface area contributed by atoms with Crippen LogP contribution in [0, 0.1) is 0 Å². The Morgan fingerprint density at radius 2 is 1.96 bits per heavy atom. The second kappa shape index (κ2) is 7.68. The van der Waals surface area contributed by atoms with Crippen molar-refractivity contribution >= 4 is 28.5 Å². The average Bonchev–Trinajstić information content (AvgIpc) is 3.10. The number of halogens is 1. The highest BCUT2D eigenvalue weighted by atomic mass is 35.5. The number of nitrogens with zero attached hydrogens (tertiary/aromatic N) is 2. The average molecular weight is 379 g/mol. The van der Waals surface area contributed by atoms with Gasteiger partial charge in [-0.2, -0.15) is 0 Å². The van der Waals surface area contributed by atoms with Crippen LogP contribution in [0.4, 0.5) is 5.82 Å². The number of hydrogen-bond acceptors (Lipinski definition) is 4. The SMILES string of the molecule is COc1cnc2[nH]cc(Cc3ccc(NCc4ccccc4Cl)nc3)c2c1. The Morgan fingerprint density at radius 1 is 1.07 bits per heavy atom. The van der Waals surface area contributed by atoms with Gasteiger partial charge in [0.1, 0.15) is 17.2 Å². The van der Waals surface area contributed by atoms with E-state index in [1.54, 1.807) is 13.3 Å². The van der Waals surface area contributed by atoms with E-state index in [0.717, 1.165) is 50.7 Å². The summed E-state index contributed by atoms with van der Waals surface area (Å²) in [5, 5.41) is 5.12. The zero-order valence-electron chi connectivity index (χ0n) is 14.9. The van der Waals surface area contributed by atoms with E-state index in [9.17, 15) is 0 Å². The minimum absolute atomic E-state index is 0.639. The number of pyridine rings is 2. The molecule has 0 unspecified atom stereocenters. The number of methoxy groups -OCH3 is 1. The number of benzene rings is 1. The van der Waals surface area contributed by atoms with Crippen molar-refractivity contribution in [3.63, 3.8) is 0 Å². The first-order chi connectivity index (χ1) is 13.2. The highest BCUT2D eigenvalue weighted by molar-refractivity contribution is 6.31.